The fourth-order valence-electron chi connectivity index (χ4n) is 5.89. The van der Waals surface area contributed by atoms with Gasteiger partial charge in [-0.1, -0.05) is 37.3 Å². The number of aliphatic hydroxyl groups excluding tert-OH is 1. The molecule has 4 heterocycles. The van der Waals surface area contributed by atoms with Crippen LogP contribution in [-0.2, 0) is 33.1 Å². The van der Waals surface area contributed by atoms with Crippen LogP contribution in [0, 0.1) is 12.7 Å². The summed E-state index contributed by atoms with van der Waals surface area (Å²) in [5, 5.41) is 25.3. The van der Waals surface area contributed by atoms with E-state index < -0.39 is 41.0 Å². The molecule has 2 aromatic carbocycles. The Morgan fingerprint density at radius 1 is 1.20 bits per heavy atom. The summed E-state index contributed by atoms with van der Waals surface area (Å²) in [6.45, 7) is 4.85. The maximum absolute atomic E-state index is 14.7. The first-order valence-electron chi connectivity index (χ1n) is 13.4. The number of carbonyl (C=O) groups is 2. The van der Waals surface area contributed by atoms with Gasteiger partial charge in [0.15, 0.2) is 11.7 Å². The SMILES string of the molecule is CC[C@@]1(O)C(=O)OCc2c1cc1n(c2=O)Cc2c-1nc1cc(F)c(C)cc1c2[C@H](C)NC(=O)[C@H](O)c1ccccc1. The van der Waals surface area contributed by atoms with Gasteiger partial charge in [-0.25, -0.2) is 14.2 Å². The van der Waals surface area contributed by atoms with Crippen LogP contribution in [-0.4, -0.2) is 31.6 Å². The van der Waals surface area contributed by atoms with E-state index in [1.807, 2.05) is 0 Å². The smallest absolute Gasteiger partial charge is 0.343 e. The minimum atomic E-state index is -1.98. The van der Waals surface area contributed by atoms with Crippen LogP contribution in [0.4, 0.5) is 4.39 Å². The number of esters is 1. The number of carbonyl (C=O) groups excluding carboxylic acids is 2. The van der Waals surface area contributed by atoms with Gasteiger partial charge in [-0.15, -0.1) is 0 Å². The number of amides is 1. The Balaban J connectivity index is 1.52. The van der Waals surface area contributed by atoms with Gasteiger partial charge in [0, 0.05) is 22.6 Å². The van der Waals surface area contributed by atoms with Crippen LogP contribution < -0.4 is 10.9 Å². The third-order valence-corrected chi connectivity index (χ3v) is 8.17. The van der Waals surface area contributed by atoms with Crippen LogP contribution >= 0.6 is 0 Å². The molecule has 2 aromatic heterocycles. The summed E-state index contributed by atoms with van der Waals surface area (Å²) in [5.41, 5.74) is 1.10. The largest absolute Gasteiger partial charge is 0.458 e. The zero-order valence-electron chi connectivity index (χ0n) is 22.7. The topological polar surface area (TPSA) is 131 Å². The van der Waals surface area contributed by atoms with Gasteiger partial charge in [-0.2, -0.15) is 0 Å². The average molecular weight is 558 g/mol. The van der Waals surface area contributed by atoms with E-state index in [1.165, 1.54) is 10.6 Å². The number of aromatic nitrogens is 2. The number of hydrogen-bond acceptors (Lipinski definition) is 7. The number of ether oxygens (including phenoxy) is 1. The molecular formula is C31H28FN3O6. The maximum Gasteiger partial charge on any atom is 0.343 e. The second-order valence-corrected chi connectivity index (χ2v) is 10.6. The number of aryl methyl sites for hydroxylation is 1. The molecule has 2 aliphatic heterocycles. The normalized spacial score (nSPS) is 18.7. The third-order valence-electron chi connectivity index (χ3n) is 8.17. The summed E-state index contributed by atoms with van der Waals surface area (Å²) in [6, 6.07) is 12.4. The predicted octanol–water partition coefficient (Wildman–Crippen LogP) is 3.44. The van der Waals surface area contributed by atoms with Crippen molar-refractivity contribution in [2.24, 2.45) is 0 Å². The van der Waals surface area contributed by atoms with Crippen molar-refractivity contribution < 1.29 is 28.9 Å². The Hall–Kier alpha value is -4.41. The van der Waals surface area contributed by atoms with E-state index >= 15 is 0 Å². The van der Waals surface area contributed by atoms with Crippen LogP contribution in [0.15, 0.2) is 53.3 Å². The lowest BCUT2D eigenvalue weighted by molar-refractivity contribution is -0.172. The lowest BCUT2D eigenvalue weighted by Crippen LogP contribution is -2.44. The molecule has 0 unspecified atom stereocenters. The molecule has 9 nitrogen and oxygen atoms in total. The Bertz CT molecular complexity index is 1820. The number of cyclic esters (lactones) is 1. The number of rotatable bonds is 5. The van der Waals surface area contributed by atoms with Gasteiger partial charge < -0.3 is 24.8 Å². The standard InChI is InChI=1S/C31H28FN3O6/c1-4-31(40)21-11-24-26-19(13-35(24)29(38)20(21)14-41-30(31)39)25(18-10-15(2)22(32)12-23(18)34-26)16(3)33-28(37)27(36)17-8-6-5-7-9-17/h5-12,16,27,36,40H,4,13-14H2,1-3H3,(H,33,37)/t16-,27+,31-/m0/s1. The van der Waals surface area contributed by atoms with Crippen LogP contribution in [0.1, 0.15) is 65.8 Å². The van der Waals surface area contributed by atoms with Crippen molar-refractivity contribution in [3.8, 4) is 11.4 Å². The minimum Gasteiger partial charge on any atom is -0.458 e. The summed E-state index contributed by atoms with van der Waals surface area (Å²) >= 11 is 0. The number of nitrogens with one attached hydrogen (secondary N) is 1. The first-order chi connectivity index (χ1) is 19.5. The predicted molar refractivity (Wildman–Crippen MR) is 147 cm³/mol. The zero-order valence-corrected chi connectivity index (χ0v) is 22.7. The minimum absolute atomic E-state index is 0.00226. The van der Waals surface area contributed by atoms with Gasteiger partial charge in [0.25, 0.3) is 11.5 Å². The van der Waals surface area contributed by atoms with Crippen molar-refractivity contribution in [1.29, 1.82) is 0 Å². The summed E-state index contributed by atoms with van der Waals surface area (Å²) in [5.74, 6) is -1.91. The Labute approximate surface area is 234 Å². The molecule has 1 amide bonds. The summed E-state index contributed by atoms with van der Waals surface area (Å²) < 4.78 is 21.4. The molecule has 2 aliphatic rings. The van der Waals surface area contributed by atoms with Gasteiger partial charge in [-0.3, -0.25) is 9.59 Å². The number of nitrogens with zero attached hydrogens (tertiary/aromatic N) is 2. The maximum atomic E-state index is 14.7. The molecule has 0 bridgehead atoms. The highest BCUT2D eigenvalue weighted by Crippen LogP contribution is 2.42. The molecule has 0 saturated heterocycles. The molecule has 0 aliphatic carbocycles. The summed E-state index contributed by atoms with van der Waals surface area (Å²) in [4.78, 5) is 44.0. The van der Waals surface area contributed by atoms with Crippen LogP contribution in [0.2, 0.25) is 0 Å². The molecule has 10 heteroatoms. The number of pyridine rings is 2. The molecule has 41 heavy (non-hydrogen) atoms. The molecule has 0 spiro atoms. The summed E-state index contributed by atoms with van der Waals surface area (Å²) in [6.07, 6.45) is -1.41. The summed E-state index contributed by atoms with van der Waals surface area (Å²) in [7, 11) is 0. The highest BCUT2D eigenvalue weighted by atomic mass is 19.1. The van der Waals surface area contributed by atoms with Crippen LogP contribution in [0.25, 0.3) is 22.3 Å². The molecular weight excluding hydrogens is 529 g/mol. The lowest BCUT2D eigenvalue weighted by atomic mass is 9.86. The fourth-order valence-corrected chi connectivity index (χ4v) is 5.89. The Kier molecular flexibility index (Phi) is 6.28. The number of fused-ring (bicyclic) bond motifs is 5. The van der Waals surface area contributed by atoms with E-state index in [0.29, 0.717) is 44.5 Å². The quantitative estimate of drug-likeness (QED) is 0.282. The highest BCUT2D eigenvalue weighted by Gasteiger charge is 2.45. The molecule has 3 atom stereocenters. The van der Waals surface area contributed by atoms with E-state index in [-0.39, 0.29) is 30.7 Å². The van der Waals surface area contributed by atoms with E-state index in [4.69, 9.17) is 9.72 Å². The van der Waals surface area contributed by atoms with E-state index in [2.05, 4.69) is 5.32 Å². The van der Waals surface area contributed by atoms with Crippen molar-refractivity contribution in [3.63, 3.8) is 0 Å². The van der Waals surface area contributed by atoms with E-state index in [9.17, 15) is 29.0 Å². The van der Waals surface area contributed by atoms with Gasteiger partial charge in [0.05, 0.1) is 35.1 Å². The van der Waals surface area contributed by atoms with E-state index in [1.54, 1.807) is 63.2 Å². The Morgan fingerprint density at radius 3 is 2.63 bits per heavy atom. The molecule has 3 N–H and O–H groups in total. The number of hydrogen-bond donors (Lipinski definition) is 3. The fraction of sp³-hybridized carbons (Fsp3) is 0.290. The number of aliphatic hydroxyl groups is 2. The zero-order chi connectivity index (χ0) is 29.2. The van der Waals surface area contributed by atoms with Crippen LogP contribution in [0.5, 0.6) is 0 Å². The number of benzene rings is 2. The van der Waals surface area contributed by atoms with Gasteiger partial charge >= 0.3 is 5.97 Å². The highest BCUT2D eigenvalue weighted by molar-refractivity contribution is 5.91. The van der Waals surface area contributed by atoms with Gasteiger partial charge in [-0.05, 0) is 49.1 Å². The van der Waals surface area contributed by atoms with E-state index in [0.717, 1.165) is 0 Å². The van der Waals surface area contributed by atoms with Crippen molar-refractivity contribution in [1.82, 2.24) is 14.9 Å². The van der Waals surface area contributed by atoms with Crippen molar-refractivity contribution in [3.05, 3.63) is 98.1 Å². The number of halogens is 1. The monoisotopic (exact) mass is 557 g/mol. The Morgan fingerprint density at radius 2 is 1.93 bits per heavy atom. The molecule has 0 fully saturated rings. The van der Waals surface area contributed by atoms with Gasteiger partial charge in [0.2, 0.25) is 0 Å². The molecule has 4 aromatic rings. The molecule has 0 radical (unpaired) electrons. The lowest BCUT2D eigenvalue weighted by Gasteiger charge is -2.31. The molecule has 6 rings (SSSR count). The van der Waals surface area contributed by atoms with Crippen molar-refractivity contribution in [2.45, 2.75) is 58.1 Å². The second kappa shape index (κ2) is 9.60. The first-order valence-corrected chi connectivity index (χ1v) is 13.4. The third kappa shape index (κ3) is 4.05. The van der Waals surface area contributed by atoms with Crippen molar-refractivity contribution >= 4 is 22.8 Å². The first kappa shape index (κ1) is 26.8. The molecule has 210 valence electrons. The van der Waals surface area contributed by atoms with Gasteiger partial charge in [0.1, 0.15) is 12.4 Å². The average Bonchev–Trinajstić information content (AvgIpc) is 3.33. The molecule has 0 saturated carbocycles. The van der Waals surface area contributed by atoms with Crippen LogP contribution in [0.3, 0.4) is 0 Å². The van der Waals surface area contributed by atoms with Crippen molar-refractivity contribution in [2.75, 3.05) is 0 Å². The second-order valence-electron chi connectivity index (χ2n) is 10.6.